The molecule has 0 spiro atoms. The summed E-state index contributed by atoms with van der Waals surface area (Å²) in [5.41, 5.74) is 0.226. The second-order valence-corrected chi connectivity index (χ2v) is 5.36. The molecule has 0 N–H and O–H groups in total. The van der Waals surface area contributed by atoms with Crippen molar-refractivity contribution in [3.8, 4) is 5.75 Å². The molecule has 1 heterocycles. The van der Waals surface area contributed by atoms with E-state index >= 15 is 0 Å². The topological polar surface area (TPSA) is 22.1 Å². The van der Waals surface area contributed by atoms with Gasteiger partial charge in [0.25, 0.3) is 0 Å². The smallest absolute Gasteiger partial charge is 0.433 e. The Morgan fingerprint density at radius 3 is 2.50 bits per heavy atom. The van der Waals surface area contributed by atoms with Gasteiger partial charge in [-0.3, -0.25) is 0 Å². The highest BCUT2D eigenvalue weighted by atomic mass is 19.4. The predicted octanol–water partition coefficient (Wildman–Crippen LogP) is 5.39. The highest BCUT2D eigenvalue weighted by Gasteiger charge is 2.33. The van der Waals surface area contributed by atoms with Crippen LogP contribution in [0.5, 0.6) is 5.75 Å². The number of benzene rings is 1. The number of aryl methyl sites for hydroxylation is 1. The van der Waals surface area contributed by atoms with Crippen molar-refractivity contribution in [1.29, 1.82) is 0 Å². The number of hydrogen-bond acceptors (Lipinski definition) is 2. The van der Waals surface area contributed by atoms with Gasteiger partial charge in [0.15, 0.2) is 0 Å². The second kappa shape index (κ2) is 6.99. The Bertz CT molecular complexity index is 638. The van der Waals surface area contributed by atoms with Crippen molar-refractivity contribution in [2.75, 3.05) is 7.11 Å². The number of nitrogens with zero attached hydrogens (tertiary/aromatic N) is 1. The molecular weight excluding hydrogens is 291 g/mol. The second-order valence-electron chi connectivity index (χ2n) is 5.36. The Kier molecular flexibility index (Phi) is 5.27. The third kappa shape index (κ3) is 3.90. The maximum Gasteiger partial charge on any atom is 0.433 e. The minimum atomic E-state index is -4.42. The maximum absolute atomic E-state index is 13.0. The summed E-state index contributed by atoms with van der Waals surface area (Å²) in [7, 11) is 1.54. The number of ether oxygens (including phenoxy) is 1. The zero-order valence-corrected chi connectivity index (χ0v) is 12.8. The summed E-state index contributed by atoms with van der Waals surface area (Å²) in [5.74, 6) is 0.629. The fourth-order valence-electron chi connectivity index (χ4n) is 2.50. The first kappa shape index (κ1) is 16.6. The third-order valence-corrected chi connectivity index (χ3v) is 3.69. The summed E-state index contributed by atoms with van der Waals surface area (Å²) >= 11 is 0. The molecule has 0 atom stereocenters. The van der Waals surface area contributed by atoms with Crippen LogP contribution in [0.15, 0.2) is 24.3 Å². The fraction of sp³-hybridized carbons (Fsp3) is 0.471. The Morgan fingerprint density at radius 1 is 1.09 bits per heavy atom. The van der Waals surface area contributed by atoms with Gasteiger partial charge in [-0.2, -0.15) is 13.2 Å². The van der Waals surface area contributed by atoms with Crippen LogP contribution in [-0.4, -0.2) is 12.1 Å². The van der Waals surface area contributed by atoms with Crippen LogP contribution in [0.1, 0.15) is 43.9 Å². The fourth-order valence-corrected chi connectivity index (χ4v) is 2.50. The van der Waals surface area contributed by atoms with Crippen LogP contribution in [0, 0.1) is 0 Å². The van der Waals surface area contributed by atoms with Crippen molar-refractivity contribution in [2.45, 2.75) is 45.2 Å². The molecule has 1 aromatic carbocycles. The van der Waals surface area contributed by atoms with Crippen molar-refractivity contribution in [2.24, 2.45) is 0 Å². The molecule has 0 aliphatic rings. The molecule has 0 saturated carbocycles. The van der Waals surface area contributed by atoms with Gasteiger partial charge in [0.2, 0.25) is 0 Å². The van der Waals surface area contributed by atoms with E-state index in [1.54, 1.807) is 25.3 Å². The van der Waals surface area contributed by atoms with Gasteiger partial charge in [-0.15, -0.1) is 0 Å². The molecule has 0 bridgehead atoms. The van der Waals surface area contributed by atoms with E-state index in [1.807, 2.05) is 0 Å². The number of hydrogen-bond donors (Lipinski definition) is 0. The number of alkyl halides is 3. The van der Waals surface area contributed by atoms with Gasteiger partial charge < -0.3 is 4.74 Å². The number of aromatic nitrogens is 1. The van der Waals surface area contributed by atoms with Crippen molar-refractivity contribution < 1.29 is 17.9 Å². The molecule has 0 saturated heterocycles. The minimum absolute atomic E-state index is 0.362. The van der Waals surface area contributed by atoms with E-state index < -0.39 is 11.9 Å². The molecule has 1 aromatic heterocycles. The summed E-state index contributed by atoms with van der Waals surface area (Å²) in [4.78, 5) is 3.75. The zero-order valence-electron chi connectivity index (χ0n) is 12.8. The predicted molar refractivity (Wildman–Crippen MR) is 81.1 cm³/mol. The Labute approximate surface area is 128 Å². The van der Waals surface area contributed by atoms with Gasteiger partial charge in [0, 0.05) is 5.39 Å². The molecule has 0 aliphatic heterocycles. The molecule has 0 fully saturated rings. The summed E-state index contributed by atoms with van der Waals surface area (Å²) in [6.45, 7) is 2.11. The van der Waals surface area contributed by atoms with Crippen LogP contribution in [0.2, 0.25) is 0 Å². The van der Waals surface area contributed by atoms with E-state index in [0.717, 1.165) is 31.1 Å². The van der Waals surface area contributed by atoms with Crippen molar-refractivity contribution in [3.63, 3.8) is 0 Å². The SMILES string of the molecule is CCCCCCc1cc(C(F)(F)F)nc2ccc(OC)cc12. The number of unbranched alkanes of at least 4 members (excludes halogenated alkanes) is 3. The van der Waals surface area contributed by atoms with E-state index in [1.165, 1.54) is 6.07 Å². The van der Waals surface area contributed by atoms with Gasteiger partial charge in [0.1, 0.15) is 11.4 Å². The zero-order chi connectivity index (χ0) is 16.2. The molecule has 2 nitrogen and oxygen atoms in total. The number of pyridine rings is 1. The van der Waals surface area contributed by atoms with Crippen LogP contribution >= 0.6 is 0 Å². The first-order valence-electron chi connectivity index (χ1n) is 7.50. The first-order valence-corrected chi connectivity index (χ1v) is 7.50. The van der Waals surface area contributed by atoms with E-state index in [-0.39, 0.29) is 0 Å². The Hall–Kier alpha value is -1.78. The van der Waals surface area contributed by atoms with Gasteiger partial charge in [0.05, 0.1) is 12.6 Å². The van der Waals surface area contributed by atoms with Crippen LogP contribution in [0.4, 0.5) is 13.2 Å². The molecule has 2 rings (SSSR count). The van der Waals surface area contributed by atoms with Crippen molar-refractivity contribution in [3.05, 3.63) is 35.5 Å². The maximum atomic E-state index is 13.0. The van der Waals surface area contributed by atoms with E-state index in [9.17, 15) is 13.2 Å². The average Bonchev–Trinajstić information content (AvgIpc) is 2.49. The summed E-state index contributed by atoms with van der Waals surface area (Å²) in [5, 5.41) is 0.740. The Morgan fingerprint density at radius 2 is 1.86 bits per heavy atom. The lowest BCUT2D eigenvalue weighted by Gasteiger charge is -2.12. The quantitative estimate of drug-likeness (QED) is 0.668. The molecule has 2 aromatic rings. The highest BCUT2D eigenvalue weighted by molar-refractivity contribution is 5.84. The summed E-state index contributed by atoms with van der Waals surface area (Å²) in [6.07, 6.45) is 0.284. The van der Waals surface area contributed by atoms with E-state index in [0.29, 0.717) is 23.3 Å². The van der Waals surface area contributed by atoms with Crippen LogP contribution in [0.3, 0.4) is 0 Å². The lowest BCUT2D eigenvalue weighted by molar-refractivity contribution is -0.141. The van der Waals surface area contributed by atoms with Crippen molar-refractivity contribution in [1.82, 2.24) is 4.98 Å². The molecule has 0 radical (unpaired) electrons. The molecule has 5 heteroatoms. The van der Waals surface area contributed by atoms with Gasteiger partial charge in [-0.05, 0) is 42.7 Å². The minimum Gasteiger partial charge on any atom is -0.497 e. The van der Waals surface area contributed by atoms with Crippen LogP contribution < -0.4 is 4.74 Å². The monoisotopic (exact) mass is 311 g/mol. The first-order chi connectivity index (χ1) is 10.5. The Balaban J connectivity index is 2.42. The molecular formula is C17H20F3NO. The molecule has 0 amide bonds. The normalized spacial score (nSPS) is 11.9. The van der Waals surface area contributed by atoms with Gasteiger partial charge in [-0.25, -0.2) is 4.98 Å². The van der Waals surface area contributed by atoms with Gasteiger partial charge in [-0.1, -0.05) is 26.2 Å². The number of halogens is 3. The molecule has 120 valence electrons. The van der Waals surface area contributed by atoms with Crippen molar-refractivity contribution >= 4 is 10.9 Å². The van der Waals surface area contributed by atoms with Crippen LogP contribution in [0.25, 0.3) is 10.9 Å². The largest absolute Gasteiger partial charge is 0.497 e. The third-order valence-electron chi connectivity index (χ3n) is 3.69. The lowest BCUT2D eigenvalue weighted by atomic mass is 10.0. The number of fused-ring (bicyclic) bond motifs is 1. The van der Waals surface area contributed by atoms with Crippen LogP contribution in [-0.2, 0) is 12.6 Å². The highest BCUT2D eigenvalue weighted by Crippen LogP contribution is 2.32. The number of rotatable bonds is 6. The standard InChI is InChI=1S/C17H20F3NO/c1-3-4-5-6-7-12-10-16(17(18,19)20)21-15-9-8-13(22-2)11-14(12)15/h8-11H,3-7H2,1-2H3. The lowest BCUT2D eigenvalue weighted by Crippen LogP contribution is -2.09. The van der Waals surface area contributed by atoms with E-state index in [4.69, 9.17) is 4.74 Å². The summed E-state index contributed by atoms with van der Waals surface area (Å²) < 4.78 is 44.2. The average molecular weight is 311 g/mol. The van der Waals surface area contributed by atoms with Gasteiger partial charge >= 0.3 is 6.18 Å². The van der Waals surface area contributed by atoms with E-state index in [2.05, 4.69) is 11.9 Å². The molecule has 0 aliphatic carbocycles. The number of methoxy groups -OCH3 is 1. The molecule has 22 heavy (non-hydrogen) atoms. The summed E-state index contributed by atoms with van der Waals surface area (Å²) in [6, 6.07) is 6.15. The molecule has 0 unspecified atom stereocenters.